The van der Waals surface area contributed by atoms with Crippen molar-refractivity contribution in [2.75, 3.05) is 13.1 Å². The van der Waals surface area contributed by atoms with E-state index < -0.39 is 0 Å². The standard InChI is InChI=1S/C17H34N2/c1-6-9-14-10-15(14)19-12-17(7-2,8-3)18-11-16(19)13(4)5/h13-16,18H,6-12H2,1-5H3. The quantitative estimate of drug-likeness (QED) is 0.789. The van der Waals surface area contributed by atoms with E-state index in [1.165, 1.54) is 45.2 Å². The van der Waals surface area contributed by atoms with Crippen LogP contribution in [0.15, 0.2) is 0 Å². The summed E-state index contributed by atoms with van der Waals surface area (Å²) in [6.07, 6.45) is 6.77. The molecule has 0 aromatic carbocycles. The van der Waals surface area contributed by atoms with Gasteiger partial charge in [0.25, 0.3) is 0 Å². The third-order valence-corrected chi connectivity index (χ3v) is 5.69. The fraction of sp³-hybridized carbons (Fsp3) is 1.00. The zero-order valence-corrected chi connectivity index (χ0v) is 13.7. The lowest BCUT2D eigenvalue weighted by molar-refractivity contribution is 0.0396. The van der Waals surface area contributed by atoms with Gasteiger partial charge in [0.1, 0.15) is 0 Å². The van der Waals surface area contributed by atoms with E-state index in [-0.39, 0.29) is 0 Å². The Morgan fingerprint density at radius 3 is 2.42 bits per heavy atom. The van der Waals surface area contributed by atoms with Gasteiger partial charge in [-0.15, -0.1) is 0 Å². The average Bonchev–Trinajstić information content (AvgIpc) is 3.17. The molecule has 0 spiro atoms. The molecule has 1 aliphatic carbocycles. The molecule has 2 fully saturated rings. The molecule has 1 saturated heterocycles. The van der Waals surface area contributed by atoms with Crippen LogP contribution < -0.4 is 5.32 Å². The van der Waals surface area contributed by atoms with Crippen molar-refractivity contribution < 1.29 is 0 Å². The maximum Gasteiger partial charge on any atom is 0.0304 e. The van der Waals surface area contributed by atoms with Crippen molar-refractivity contribution >= 4 is 0 Å². The van der Waals surface area contributed by atoms with E-state index in [0.717, 1.165) is 23.9 Å². The Morgan fingerprint density at radius 1 is 1.21 bits per heavy atom. The van der Waals surface area contributed by atoms with Crippen molar-refractivity contribution in [3.05, 3.63) is 0 Å². The Balaban J connectivity index is 2.06. The Morgan fingerprint density at radius 2 is 1.89 bits per heavy atom. The molecule has 3 atom stereocenters. The maximum absolute atomic E-state index is 3.88. The first-order valence-electron chi connectivity index (χ1n) is 8.57. The van der Waals surface area contributed by atoms with Gasteiger partial charge in [-0.3, -0.25) is 4.90 Å². The first-order valence-corrected chi connectivity index (χ1v) is 8.57. The van der Waals surface area contributed by atoms with Gasteiger partial charge < -0.3 is 5.32 Å². The van der Waals surface area contributed by atoms with Crippen LogP contribution in [0.4, 0.5) is 0 Å². The van der Waals surface area contributed by atoms with Crippen LogP contribution in [0.1, 0.15) is 66.7 Å². The highest BCUT2D eigenvalue weighted by Gasteiger charge is 2.48. The molecule has 1 saturated carbocycles. The van der Waals surface area contributed by atoms with Crippen molar-refractivity contribution in [2.24, 2.45) is 11.8 Å². The predicted octanol–water partition coefficient (Wildman–Crippen LogP) is 3.66. The number of hydrogen-bond acceptors (Lipinski definition) is 2. The van der Waals surface area contributed by atoms with Crippen molar-refractivity contribution in [3.8, 4) is 0 Å². The molecule has 0 bridgehead atoms. The molecule has 3 unspecified atom stereocenters. The van der Waals surface area contributed by atoms with Gasteiger partial charge in [-0.25, -0.2) is 0 Å². The van der Waals surface area contributed by atoms with E-state index in [2.05, 4.69) is 44.8 Å². The summed E-state index contributed by atoms with van der Waals surface area (Å²) in [5.41, 5.74) is 0.380. The van der Waals surface area contributed by atoms with Crippen LogP contribution in [0.3, 0.4) is 0 Å². The SMILES string of the molecule is CCCC1CC1N1CC(CC)(CC)NCC1C(C)C. The Kier molecular flexibility index (Phi) is 4.94. The summed E-state index contributed by atoms with van der Waals surface area (Å²) >= 11 is 0. The van der Waals surface area contributed by atoms with Gasteiger partial charge in [-0.2, -0.15) is 0 Å². The molecule has 1 heterocycles. The van der Waals surface area contributed by atoms with Crippen LogP contribution in [-0.2, 0) is 0 Å². The molecular weight excluding hydrogens is 232 g/mol. The second-order valence-corrected chi connectivity index (χ2v) is 7.20. The highest BCUT2D eigenvalue weighted by Crippen LogP contribution is 2.43. The molecule has 2 heteroatoms. The molecule has 112 valence electrons. The molecule has 2 rings (SSSR count). The summed E-state index contributed by atoms with van der Waals surface area (Å²) in [5.74, 6) is 1.76. The minimum atomic E-state index is 0.380. The number of piperazine rings is 1. The van der Waals surface area contributed by atoms with Gasteiger partial charge in [-0.05, 0) is 37.5 Å². The number of nitrogens with one attached hydrogen (secondary N) is 1. The topological polar surface area (TPSA) is 15.3 Å². The second-order valence-electron chi connectivity index (χ2n) is 7.20. The van der Waals surface area contributed by atoms with Crippen LogP contribution in [0.25, 0.3) is 0 Å². The third kappa shape index (κ3) is 3.16. The summed E-state index contributed by atoms with van der Waals surface area (Å²) < 4.78 is 0. The van der Waals surface area contributed by atoms with E-state index in [4.69, 9.17) is 0 Å². The lowest BCUT2D eigenvalue weighted by atomic mass is 9.86. The van der Waals surface area contributed by atoms with Crippen molar-refractivity contribution in [1.82, 2.24) is 10.2 Å². The summed E-state index contributed by atoms with van der Waals surface area (Å²) in [4.78, 5) is 2.88. The van der Waals surface area contributed by atoms with Crippen LogP contribution in [-0.4, -0.2) is 35.6 Å². The zero-order valence-electron chi connectivity index (χ0n) is 13.7. The van der Waals surface area contributed by atoms with Gasteiger partial charge >= 0.3 is 0 Å². The van der Waals surface area contributed by atoms with Gasteiger partial charge in [0.15, 0.2) is 0 Å². The molecule has 1 N–H and O–H groups in total. The third-order valence-electron chi connectivity index (χ3n) is 5.69. The largest absolute Gasteiger partial charge is 0.308 e. The Bertz CT molecular complexity index is 283. The maximum atomic E-state index is 3.88. The monoisotopic (exact) mass is 266 g/mol. The van der Waals surface area contributed by atoms with Crippen molar-refractivity contribution in [1.29, 1.82) is 0 Å². The highest BCUT2D eigenvalue weighted by atomic mass is 15.3. The molecular formula is C17H34N2. The predicted molar refractivity (Wildman–Crippen MR) is 83.5 cm³/mol. The van der Waals surface area contributed by atoms with Gasteiger partial charge in [0.05, 0.1) is 0 Å². The van der Waals surface area contributed by atoms with Gasteiger partial charge in [-0.1, -0.05) is 41.0 Å². The minimum Gasteiger partial charge on any atom is -0.308 e. The number of nitrogens with zero attached hydrogens (tertiary/aromatic N) is 1. The number of hydrogen-bond donors (Lipinski definition) is 1. The van der Waals surface area contributed by atoms with E-state index in [9.17, 15) is 0 Å². The average molecular weight is 266 g/mol. The highest BCUT2D eigenvalue weighted by molar-refractivity contribution is 5.05. The van der Waals surface area contributed by atoms with E-state index >= 15 is 0 Å². The Hall–Kier alpha value is -0.0800. The smallest absolute Gasteiger partial charge is 0.0304 e. The van der Waals surface area contributed by atoms with Crippen molar-refractivity contribution in [2.45, 2.75) is 84.3 Å². The van der Waals surface area contributed by atoms with Crippen LogP contribution in [0, 0.1) is 11.8 Å². The first kappa shape index (κ1) is 15.3. The lowest BCUT2D eigenvalue weighted by Crippen LogP contribution is -2.65. The summed E-state index contributed by atoms with van der Waals surface area (Å²) in [5, 5.41) is 3.88. The molecule has 0 aromatic rings. The van der Waals surface area contributed by atoms with E-state index in [1.54, 1.807) is 0 Å². The van der Waals surface area contributed by atoms with Crippen LogP contribution in [0.5, 0.6) is 0 Å². The Labute approximate surface area is 120 Å². The first-order chi connectivity index (χ1) is 9.06. The molecule has 2 aliphatic rings. The van der Waals surface area contributed by atoms with E-state index in [1.807, 2.05) is 0 Å². The van der Waals surface area contributed by atoms with Crippen LogP contribution >= 0.6 is 0 Å². The molecule has 0 amide bonds. The zero-order chi connectivity index (χ0) is 14.0. The summed E-state index contributed by atoms with van der Waals surface area (Å²) in [6.45, 7) is 14.3. The molecule has 0 aromatic heterocycles. The lowest BCUT2D eigenvalue weighted by Gasteiger charge is -2.49. The van der Waals surface area contributed by atoms with Crippen molar-refractivity contribution in [3.63, 3.8) is 0 Å². The number of rotatable bonds is 6. The fourth-order valence-electron chi connectivity index (χ4n) is 3.99. The fourth-order valence-corrected chi connectivity index (χ4v) is 3.99. The molecule has 19 heavy (non-hydrogen) atoms. The minimum absolute atomic E-state index is 0.380. The summed E-state index contributed by atoms with van der Waals surface area (Å²) in [7, 11) is 0. The molecule has 1 aliphatic heterocycles. The van der Waals surface area contributed by atoms with E-state index in [0.29, 0.717) is 5.54 Å². The van der Waals surface area contributed by atoms with Gasteiger partial charge in [0.2, 0.25) is 0 Å². The summed E-state index contributed by atoms with van der Waals surface area (Å²) in [6, 6.07) is 1.64. The second kappa shape index (κ2) is 6.13. The molecule has 0 radical (unpaired) electrons. The molecule has 2 nitrogen and oxygen atoms in total. The van der Waals surface area contributed by atoms with Crippen LogP contribution in [0.2, 0.25) is 0 Å². The van der Waals surface area contributed by atoms with Gasteiger partial charge in [0, 0.05) is 30.7 Å². The normalized spacial score (nSPS) is 34.7.